The molecule has 0 bridgehead atoms. The van der Waals surface area contributed by atoms with Gasteiger partial charge in [-0.3, -0.25) is 14.4 Å². The van der Waals surface area contributed by atoms with E-state index >= 15 is 0 Å². The lowest BCUT2D eigenvalue weighted by molar-refractivity contribution is -0.158. The lowest BCUT2D eigenvalue weighted by atomic mass is 9.97. The minimum absolute atomic E-state index is 0.0771. The Labute approximate surface area is 203 Å². The first-order valence-corrected chi connectivity index (χ1v) is 13.3. The predicted molar refractivity (Wildman–Crippen MR) is 134 cm³/mol. The van der Waals surface area contributed by atoms with Gasteiger partial charge in [-0.2, -0.15) is 0 Å². The van der Waals surface area contributed by atoms with E-state index in [-0.39, 0.29) is 23.8 Å². The van der Waals surface area contributed by atoms with Crippen LogP contribution in [0.25, 0.3) is 10.2 Å². The van der Waals surface area contributed by atoms with Crippen LogP contribution in [0, 0.1) is 0 Å². The SMILES string of the molecule is CN(C)CCN(CC(=O)OC(C)(C)C)C(=O)CSCc1nc2sc3c(c2c(=O)[nH]1)CCCC3. The summed E-state index contributed by atoms with van der Waals surface area (Å²) in [5, 5.41) is 0.742. The Bertz CT molecular complexity index is 1060. The third kappa shape index (κ3) is 7.28. The molecule has 0 radical (unpaired) electrons. The summed E-state index contributed by atoms with van der Waals surface area (Å²) in [6.07, 6.45) is 4.25. The average molecular weight is 495 g/mol. The number of esters is 1. The van der Waals surface area contributed by atoms with Crippen molar-refractivity contribution in [3.05, 3.63) is 26.6 Å². The number of carbonyl (C=O) groups excluding carboxylic acids is 2. The molecule has 0 aromatic carbocycles. The molecule has 1 aliphatic rings. The summed E-state index contributed by atoms with van der Waals surface area (Å²) in [6.45, 7) is 6.43. The number of fused-ring (bicyclic) bond motifs is 3. The van der Waals surface area contributed by atoms with Gasteiger partial charge in [0, 0.05) is 18.0 Å². The summed E-state index contributed by atoms with van der Waals surface area (Å²) in [5.74, 6) is 0.642. The second-order valence-corrected chi connectivity index (χ2v) is 11.7. The maximum atomic E-state index is 12.8. The number of ether oxygens (including phenoxy) is 1. The van der Waals surface area contributed by atoms with Gasteiger partial charge in [0.15, 0.2) is 0 Å². The van der Waals surface area contributed by atoms with Crippen LogP contribution >= 0.6 is 23.1 Å². The highest BCUT2D eigenvalue weighted by Gasteiger charge is 2.23. The standard InChI is InChI=1S/C23H34N4O4S2/c1-23(2,3)31-19(29)12-27(11-10-26(4)5)18(28)14-32-13-17-24-21(30)20-15-8-6-7-9-16(15)33-22(20)25-17/h6-14H2,1-5H3,(H,24,25,30). The topological polar surface area (TPSA) is 95.6 Å². The fourth-order valence-electron chi connectivity index (χ4n) is 3.75. The number of thioether (sulfide) groups is 1. The zero-order valence-electron chi connectivity index (χ0n) is 20.2. The maximum Gasteiger partial charge on any atom is 0.326 e. The van der Waals surface area contributed by atoms with Gasteiger partial charge in [0.1, 0.15) is 22.8 Å². The van der Waals surface area contributed by atoms with Crippen molar-refractivity contribution in [1.82, 2.24) is 19.8 Å². The van der Waals surface area contributed by atoms with Gasteiger partial charge in [0.05, 0.1) is 16.9 Å². The Balaban J connectivity index is 1.62. The molecule has 0 unspecified atom stereocenters. The lowest BCUT2D eigenvalue weighted by Crippen LogP contribution is -2.42. The zero-order valence-corrected chi connectivity index (χ0v) is 21.8. The van der Waals surface area contributed by atoms with Crippen LogP contribution in [0.15, 0.2) is 4.79 Å². The first-order valence-electron chi connectivity index (χ1n) is 11.3. The van der Waals surface area contributed by atoms with Crippen molar-refractivity contribution in [2.24, 2.45) is 0 Å². The first-order chi connectivity index (χ1) is 15.5. The number of nitrogens with one attached hydrogen (secondary N) is 1. The van der Waals surface area contributed by atoms with Crippen LogP contribution < -0.4 is 5.56 Å². The Hall–Kier alpha value is -1.91. The van der Waals surface area contributed by atoms with E-state index in [0.29, 0.717) is 24.7 Å². The summed E-state index contributed by atoms with van der Waals surface area (Å²) >= 11 is 3.01. The molecule has 1 aliphatic carbocycles. The number of aromatic nitrogens is 2. The number of carbonyl (C=O) groups is 2. The molecule has 0 spiro atoms. The van der Waals surface area contributed by atoms with Crippen LogP contribution in [-0.4, -0.2) is 76.7 Å². The molecule has 10 heteroatoms. The minimum Gasteiger partial charge on any atom is -0.459 e. The van der Waals surface area contributed by atoms with Gasteiger partial charge >= 0.3 is 5.97 Å². The van der Waals surface area contributed by atoms with E-state index in [2.05, 4.69) is 9.97 Å². The van der Waals surface area contributed by atoms with Gasteiger partial charge in [-0.1, -0.05) is 0 Å². The van der Waals surface area contributed by atoms with Crippen LogP contribution in [-0.2, 0) is 32.9 Å². The number of nitrogens with zero attached hydrogens (tertiary/aromatic N) is 3. The third-order valence-electron chi connectivity index (χ3n) is 5.25. The Morgan fingerprint density at radius 2 is 1.91 bits per heavy atom. The van der Waals surface area contributed by atoms with Crippen molar-refractivity contribution in [2.75, 3.05) is 39.5 Å². The van der Waals surface area contributed by atoms with Crippen molar-refractivity contribution in [3.8, 4) is 0 Å². The van der Waals surface area contributed by atoms with Crippen molar-refractivity contribution in [3.63, 3.8) is 0 Å². The number of hydrogen-bond acceptors (Lipinski definition) is 8. The lowest BCUT2D eigenvalue weighted by Gasteiger charge is -2.26. The maximum absolute atomic E-state index is 12.8. The molecule has 2 aromatic heterocycles. The number of aryl methyl sites for hydroxylation is 2. The molecule has 2 aromatic rings. The summed E-state index contributed by atoms with van der Waals surface area (Å²) in [7, 11) is 3.84. The van der Waals surface area contributed by atoms with E-state index < -0.39 is 11.6 Å². The molecule has 0 fully saturated rings. The number of rotatable bonds is 9. The van der Waals surface area contributed by atoms with Crippen molar-refractivity contribution >= 4 is 45.2 Å². The van der Waals surface area contributed by atoms with E-state index in [1.165, 1.54) is 27.1 Å². The smallest absolute Gasteiger partial charge is 0.326 e. The second kappa shape index (κ2) is 11.0. The van der Waals surface area contributed by atoms with Crippen LogP contribution in [0.5, 0.6) is 0 Å². The van der Waals surface area contributed by atoms with Crippen LogP contribution in [0.2, 0.25) is 0 Å². The van der Waals surface area contributed by atoms with Crippen LogP contribution in [0.4, 0.5) is 0 Å². The molecule has 8 nitrogen and oxygen atoms in total. The molecular formula is C23H34N4O4S2. The zero-order chi connectivity index (χ0) is 24.2. The molecule has 1 amide bonds. The largest absolute Gasteiger partial charge is 0.459 e. The van der Waals surface area contributed by atoms with Crippen LogP contribution in [0.3, 0.4) is 0 Å². The molecular weight excluding hydrogens is 460 g/mol. The quantitative estimate of drug-likeness (QED) is 0.536. The molecule has 0 saturated carbocycles. The van der Waals surface area contributed by atoms with Gasteiger partial charge in [0.2, 0.25) is 5.91 Å². The Morgan fingerprint density at radius 1 is 1.18 bits per heavy atom. The fourth-order valence-corrected chi connectivity index (χ4v) is 5.82. The molecule has 0 atom stereocenters. The number of thiophene rings is 1. The van der Waals surface area contributed by atoms with E-state index in [0.717, 1.165) is 35.9 Å². The van der Waals surface area contributed by atoms with E-state index in [1.54, 1.807) is 32.1 Å². The predicted octanol–water partition coefficient (Wildman–Crippen LogP) is 2.83. The second-order valence-electron chi connectivity index (χ2n) is 9.60. The molecule has 3 rings (SSSR count). The summed E-state index contributed by atoms with van der Waals surface area (Å²) in [4.78, 5) is 51.0. The summed E-state index contributed by atoms with van der Waals surface area (Å²) < 4.78 is 5.39. The summed E-state index contributed by atoms with van der Waals surface area (Å²) in [6, 6.07) is 0. The van der Waals surface area contributed by atoms with Crippen LogP contribution in [0.1, 0.15) is 49.9 Å². The Kier molecular flexibility index (Phi) is 8.58. The van der Waals surface area contributed by atoms with E-state index in [1.807, 2.05) is 19.0 Å². The van der Waals surface area contributed by atoms with Gasteiger partial charge in [0.25, 0.3) is 5.56 Å². The molecule has 0 saturated heterocycles. The van der Waals surface area contributed by atoms with Gasteiger partial charge < -0.3 is 19.5 Å². The summed E-state index contributed by atoms with van der Waals surface area (Å²) in [5.41, 5.74) is 0.487. The molecule has 0 aliphatic heterocycles. The highest BCUT2D eigenvalue weighted by atomic mass is 32.2. The highest BCUT2D eigenvalue weighted by molar-refractivity contribution is 7.99. The molecule has 1 N–H and O–H groups in total. The third-order valence-corrected chi connectivity index (χ3v) is 7.36. The van der Waals surface area contributed by atoms with Gasteiger partial charge in [-0.15, -0.1) is 23.1 Å². The molecule has 2 heterocycles. The minimum atomic E-state index is -0.598. The van der Waals surface area contributed by atoms with Crippen molar-refractivity contribution < 1.29 is 14.3 Å². The van der Waals surface area contributed by atoms with Crippen molar-refractivity contribution in [2.45, 2.75) is 57.8 Å². The average Bonchev–Trinajstić information content (AvgIpc) is 3.08. The monoisotopic (exact) mass is 494 g/mol. The van der Waals surface area contributed by atoms with E-state index in [9.17, 15) is 14.4 Å². The number of amides is 1. The van der Waals surface area contributed by atoms with Crippen molar-refractivity contribution in [1.29, 1.82) is 0 Å². The normalized spacial score (nSPS) is 13.9. The number of H-pyrrole nitrogens is 1. The Morgan fingerprint density at radius 3 is 2.61 bits per heavy atom. The number of aromatic amines is 1. The number of hydrogen-bond donors (Lipinski definition) is 1. The first kappa shape index (κ1) is 25.7. The molecule has 33 heavy (non-hydrogen) atoms. The number of likely N-dealkylation sites (N-methyl/N-ethyl adjacent to an activating group) is 1. The highest BCUT2D eigenvalue weighted by Crippen LogP contribution is 2.33. The van der Waals surface area contributed by atoms with Gasteiger partial charge in [-0.05, 0) is 66.1 Å². The van der Waals surface area contributed by atoms with E-state index in [4.69, 9.17) is 4.74 Å². The fraction of sp³-hybridized carbons (Fsp3) is 0.652. The molecule has 182 valence electrons. The van der Waals surface area contributed by atoms with Gasteiger partial charge in [-0.25, -0.2) is 4.98 Å².